The van der Waals surface area contributed by atoms with E-state index in [1.807, 2.05) is 0 Å². The van der Waals surface area contributed by atoms with Gasteiger partial charge in [-0.3, -0.25) is 4.79 Å². The van der Waals surface area contributed by atoms with Gasteiger partial charge in [0.15, 0.2) is 0 Å². The van der Waals surface area contributed by atoms with Gasteiger partial charge in [-0.05, 0) is 17.8 Å². The van der Waals surface area contributed by atoms with Crippen LogP contribution in [-0.2, 0) is 4.79 Å². The number of halogens is 3. The monoisotopic (exact) mass is 155 g/mol. The minimum atomic E-state index is -3.82. The Kier molecular flexibility index (Phi) is 2.58. The van der Waals surface area contributed by atoms with Crippen LogP contribution in [0.25, 0.3) is 0 Å². The molecule has 0 unspecified atom stereocenters. The molecule has 0 aromatic rings. The van der Waals surface area contributed by atoms with E-state index in [-0.39, 0.29) is 0 Å². The maximum Gasteiger partial charge on any atom is 0.384 e. The van der Waals surface area contributed by atoms with Crippen molar-refractivity contribution < 1.29 is 13.6 Å². The largest absolute Gasteiger partial charge is 0.404 e. The summed E-state index contributed by atoms with van der Waals surface area (Å²) in [5.41, 5.74) is 4.63. The molecular weight excluding hydrogens is 151 g/mol. The molecule has 52 valence electrons. The fourth-order valence-corrected chi connectivity index (χ4v) is 0.245. The number of hydrogen-bond acceptors (Lipinski definition) is 2. The van der Waals surface area contributed by atoms with Crippen LogP contribution in [0.5, 0.6) is 0 Å². The maximum absolute atomic E-state index is 11.6. The number of hydrogen-bond donors (Lipinski definition) is 1. The van der Waals surface area contributed by atoms with Crippen LogP contribution in [0.2, 0.25) is 0 Å². The van der Waals surface area contributed by atoms with Gasteiger partial charge in [0.1, 0.15) is 0 Å². The molecule has 0 aliphatic heterocycles. The van der Waals surface area contributed by atoms with Gasteiger partial charge in [0.2, 0.25) is 5.78 Å². The average molecular weight is 156 g/mol. The van der Waals surface area contributed by atoms with Crippen LogP contribution in [0, 0.1) is 0 Å². The molecule has 0 radical (unpaired) electrons. The van der Waals surface area contributed by atoms with Crippen molar-refractivity contribution >= 4 is 17.4 Å². The normalized spacial score (nSPS) is 12.3. The summed E-state index contributed by atoms with van der Waals surface area (Å²) < 4.78 is 23.2. The number of rotatable bonds is 2. The number of allylic oxidation sites excluding steroid dienone is 1. The van der Waals surface area contributed by atoms with E-state index in [1.54, 1.807) is 0 Å². The second kappa shape index (κ2) is 2.77. The molecule has 9 heavy (non-hydrogen) atoms. The van der Waals surface area contributed by atoms with Crippen molar-refractivity contribution in [2.24, 2.45) is 5.73 Å². The van der Waals surface area contributed by atoms with Crippen molar-refractivity contribution in [1.29, 1.82) is 0 Å². The molecule has 0 heterocycles. The van der Waals surface area contributed by atoms with Crippen molar-refractivity contribution in [3.05, 3.63) is 12.3 Å². The van der Waals surface area contributed by atoms with Crippen LogP contribution >= 0.6 is 11.6 Å². The first-order valence-corrected chi connectivity index (χ1v) is 2.35. The van der Waals surface area contributed by atoms with E-state index in [2.05, 4.69) is 17.3 Å². The van der Waals surface area contributed by atoms with Crippen molar-refractivity contribution in [2.75, 3.05) is 0 Å². The fourth-order valence-electron chi connectivity index (χ4n) is 0.182. The van der Waals surface area contributed by atoms with E-state index >= 15 is 0 Å². The lowest BCUT2D eigenvalue weighted by atomic mass is 10.4. The minimum Gasteiger partial charge on any atom is -0.404 e. The van der Waals surface area contributed by atoms with Crippen LogP contribution < -0.4 is 5.73 Å². The Hall–Kier alpha value is -0.640. The van der Waals surface area contributed by atoms with Gasteiger partial charge < -0.3 is 5.73 Å². The van der Waals surface area contributed by atoms with Gasteiger partial charge in [0, 0.05) is 6.08 Å². The standard InChI is InChI=1S/C4H4ClF2NO/c5-4(6,7)3(9)1-2-8/h1-2H,8H2/b2-1+. The zero-order valence-electron chi connectivity index (χ0n) is 4.27. The lowest BCUT2D eigenvalue weighted by Crippen LogP contribution is -2.18. The van der Waals surface area contributed by atoms with Gasteiger partial charge in [-0.25, -0.2) is 0 Å². The Balaban J connectivity index is 4.06. The second-order valence-corrected chi connectivity index (χ2v) is 1.70. The third kappa shape index (κ3) is 3.03. The smallest absolute Gasteiger partial charge is 0.384 e. The van der Waals surface area contributed by atoms with Gasteiger partial charge in [0.25, 0.3) is 0 Å². The summed E-state index contributed by atoms with van der Waals surface area (Å²) in [5.74, 6) is -1.51. The highest BCUT2D eigenvalue weighted by molar-refractivity contribution is 6.34. The number of ketones is 1. The van der Waals surface area contributed by atoms with Crippen molar-refractivity contribution in [3.8, 4) is 0 Å². The van der Waals surface area contributed by atoms with E-state index in [0.29, 0.717) is 12.3 Å². The Morgan fingerprint density at radius 2 is 2.11 bits per heavy atom. The SMILES string of the molecule is N/C=C/C(=O)C(F)(F)Cl. The Morgan fingerprint density at radius 3 is 2.22 bits per heavy atom. The third-order valence-electron chi connectivity index (χ3n) is 0.527. The van der Waals surface area contributed by atoms with Crippen LogP contribution in [-0.4, -0.2) is 11.2 Å². The minimum absolute atomic E-state index is 0.507. The zero-order valence-corrected chi connectivity index (χ0v) is 5.03. The van der Waals surface area contributed by atoms with E-state index in [9.17, 15) is 13.6 Å². The molecule has 0 aromatic carbocycles. The molecule has 0 saturated heterocycles. The van der Waals surface area contributed by atoms with Crippen molar-refractivity contribution in [1.82, 2.24) is 0 Å². The molecular formula is C4H4ClF2NO. The quantitative estimate of drug-likeness (QED) is 0.475. The van der Waals surface area contributed by atoms with E-state index < -0.39 is 11.2 Å². The molecule has 0 aliphatic rings. The second-order valence-electron chi connectivity index (χ2n) is 1.22. The third-order valence-corrected chi connectivity index (χ3v) is 0.713. The van der Waals surface area contributed by atoms with Crippen LogP contribution in [0.4, 0.5) is 8.78 Å². The number of carbonyl (C=O) groups is 1. The number of carbonyl (C=O) groups excluding carboxylic acids is 1. The fraction of sp³-hybridized carbons (Fsp3) is 0.250. The topological polar surface area (TPSA) is 43.1 Å². The molecule has 0 aliphatic carbocycles. The maximum atomic E-state index is 11.6. The molecule has 0 spiro atoms. The molecule has 5 heteroatoms. The van der Waals surface area contributed by atoms with Gasteiger partial charge in [0.05, 0.1) is 0 Å². The lowest BCUT2D eigenvalue weighted by Gasteiger charge is -1.99. The van der Waals surface area contributed by atoms with E-state index in [0.717, 1.165) is 0 Å². The first-order valence-electron chi connectivity index (χ1n) is 1.98. The molecule has 0 saturated carbocycles. The average Bonchev–Trinajstić information content (AvgIpc) is 1.64. The van der Waals surface area contributed by atoms with E-state index in [4.69, 9.17) is 0 Å². The first-order chi connectivity index (χ1) is 3.98. The van der Waals surface area contributed by atoms with Crippen LogP contribution in [0.15, 0.2) is 12.3 Å². The molecule has 0 fully saturated rings. The Labute approximate surface area is 55.3 Å². The summed E-state index contributed by atoms with van der Waals surface area (Å²) in [6.45, 7) is 0. The molecule has 0 bridgehead atoms. The molecule has 0 aromatic heterocycles. The predicted octanol–water partition coefficient (Wildman–Crippen LogP) is 0.860. The van der Waals surface area contributed by atoms with Crippen molar-refractivity contribution in [3.63, 3.8) is 0 Å². The highest BCUT2D eigenvalue weighted by atomic mass is 35.5. The summed E-state index contributed by atoms with van der Waals surface area (Å²) in [7, 11) is 0. The van der Waals surface area contributed by atoms with Crippen molar-refractivity contribution in [2.45, 2.75) is 5.38 Å². The Morgan fingerprint density at radius 1 is 1.67 bits per heavy atom. The number of nitrogens with two attached hydrogens (primary N) is 1. The van der Waals surface area contributed by atoms with E-state index in [1.165, 1.54) is 0 Å². The van der Waals surface area contributed by atoms with Crippen LogP contribution in [0.1, 0.15) is 0 Å². The first kappa shape index (κ1) is 8.36. The van der Waals surface area contributed by atoms with Gasteiger partial charge >= 0.3 is 5.38 Å². The molecule has 2 N–H and O–H groups in total. The van der Waals surface area contributed by atoms with Gasteiger partial charge in [-0.15, -0.1) is 0 Å². The zero-order chi connectivity index (χ0) is 7.49. The summed E-state index contributed by atoms with van der Waals surface area (Å²) >= 11 is 4.27. The molecule has 0 amide bonds. The van der Waals surface area contributed by atoms with Gasteiger partial charge in [-0.2, -0.15) is 8.78 Å². The summed E-state index contributed by atoms with van der Waals surface area (Å²) in [6.07, 6.45) is 1.21. The summed E-state index contributed by atoms with van der Waals surface area (Å²) in [5, 5.41) is -3.82. The molecule has 2 nitrogen and oxygen atoms in total. The lowest BCUT2D eigenvalue weighted by molar-refractivity contribution is -0.128. The highest BCUT2D eigenvalue weighted by Crippen LogP contribution is 2.19. The summed E-state index contributed by atoms with van der Waals surface area (Å²) in [4.78, 5) is 10.0. The highest BCUT2D eigenvalue weighted by Gasteiger charge is 2.32. The van der Waals surface area contributed by atoms with Gasteiger partial charge in [-0.1, -0.05) is 0 Å². The van der Waals surface area contributed by atoms with Crippen LogP contribution in [0.3, 0.4) is 0 Å². The molecule has 0 atom stereocenters. The Bertz CT molecular complexity index is 140. The molecule has 0 rings (SSSR count). The number of alkyl halides is 3. The summed E-state index contributed by atoms with van der Waals surface area (Å²) in [6, 6.07) is 0. The predicted molar refractivity (Wildman–Crippen MR) is 29.1 cm³/mol.